The molecule has 1 aromatic carbocycles. The van der Waals surface area contributed by atoms with Gasteiger partial charge >= 0.3 is 0 Å². The molecule has 2 aromatic rings. The first-order chi connectivity index (χ1) is 10.6. The van der Waals surface area contributed by atoms with Gasteiger partial charge in [-0.25, -0.2) is 0 Å². The van der Waals surface area contributed by atoms with Gasteiger partial charge in [0.25, 0.3) is 5.91 Å². The molecule has 0 saturated carbocycles. The van der Waals surface area contributed by atoms with Crippen molar-refractivity contribution >= 4 is 27.3 Å². The lowest BCUT2D eigenvalue weighted by molar-refractivity contribution is 0.0474. The molecule has 22 heavy (non-hydrogen) atoms. The lowest BCUT2D eigenvalue weighted by atomic mass is 10.1. The molecule has 1 atom stereocenters. The van der Waals surface area contributed by atoms with Gasteiger partial charge in [-0.2, -0.15) is 0 Å². The Morgan fingerprint density at radius 1 is 1.36 bits per heavy atom. The molecule has 118 valence electrons. The van der Waals surface area contributed by atoms with Gasteiger partial charge in [0.05, 0.1) is 11.5 Å². The molecule has 2 heterocycles. The summed E-state index contributed by atoms with van der Waals surface area (Å²) in [5, 5.41) is 10.2. The highest BCUT2D eigenvalue weighted by Gasteiger charge is 2.27. The number of carbonyl (C=O) groups excluding carboxylic acids is 1. The Bertz CT molecular complexity index is 682. The Hall–Kier alpha value is -1.43. The minimum absolute atomic E-state index is 0.134. The zero-order chi connectivity index (χ0) is 15.7. The highest BCUT2D eigenvalue weighted by Crippen LogP contribution is 2.28. The molecule has 4 nitrogen and oxygen atoms in total. The van der Waals surface area contributed by atoms with Crippen LogP contribution in [0.4, 0.5) is 0 Å². The number of thiophene rings is 1. The van der Waals surface area contributed by atoms with E-state index in [9.17, 15) is 4.79 Å². The summed E-state index contributed by atoms with van der Waals surface area (Å²) in [6.45, 7) is 7.34. The van der Waals surface area contributed by atoms with Crippen LogP contribution in [0.1, 0.15) is 22.2 Å². The first kappa shape index (κ1) is 15.5. The van der Waals surface area contributed by atoms with Crippen molar-refractivity contribution in [3.8, 4) is 0 Å². The van der Waals surface area contributed by atoms with Gasteiger partial charge in [-0.1, -0.05) is 17.7 Å². The number of aliphatic hydroxyl groups is 1. The molecule has 1 fully saturated rings. The van der Waals surface area contributed by atoms with Crippen molar-refractivity contribution in [2.75, 3.05) is 32.8 Å². The maximum absolute atomic E-state index is 12.7. The summed E-state index contributed by atoms with van der Waals surface area (Å²) in [6.07, 6.45) is 0. The molecular weight excluding hydrogens is 296 g/mol. The SMILES string of the molecule is Cc1ccc2sc(C(=O)N3CCN(CCO)C(C)C3)cc2c1. The molecule has 1 unspecified atom stereocenters. The summed E-state index contributed by atoms with van der Waals surface area (Å²) >= 11 is 1.58. The van der Waals surface area contributed by atoms with Crippen LogP contribution in [0.5, 0.6) is 0 Å². The Kier molecular flexibility index (Phi) is 4.47. The molecule has 1 amide bonds. The third-order valence-electron chi connectivity index (χ3n) is 4.32. The summed E-state index contributed by atoms with van der Waals surface area (Å²) in [6, 6.07) is 8.61. The van der Waals surface area contributed by atoms with E-state index in [2.05, 4.69) is 36.9 Å². The van der Waals surface area contributed by atoms with Gasteiger partial charge in [-0.3, -0.25) is 9.69 Å². The van der Waals surface area contributed by atoms with Crippen LogP contribution < -0.4 is 0 Å². The molecule has 3 rings (SSSR count). The molecule has 1 aliphatic rings. The summed E-state index contributed by atoms with van der Waals surface area (Å²) in [5.74, 6) is 0.134. The fraction of sp³-hybridized carbons (Fsp3) is 0.471. The van der Waals surface area contributed by atoms with Crippen LogP contribution in [-0.2, 0) is 0 Å². The van der Waals surface area contributed by atoms with Gasteiger partial charge in [0.2, 0.25) is 0 Å². The second-order valence-electron chi connectivity index (χ2n) is 6.01. The lowest BCUT2D eigenvalue weighted by Gasteiger charge is -2.39. The van der Waals surface area contributed by atoms with E-state index >= 15 is 0 Å². The Labute approximate surface area is 135 Å². The molecule has 0 spiro atoms. The monoisotopic (exact) mass is 318 g/mol. The van der Waals surface area contributed by atoms with Crippen molar-refractivity contribution in [3.63, 3.8) is 0 Å². The normalized spacial score (nSPS) is 19.8. The summed E-state index contributed by atoms with van der Waals surface area (Å²) < 4.78 is 1.17. The molecule has 0 radical (unpaired) electrons. The van der Waals surface area contributed by atoms with E-state index < -0.39 is 0 Å². The van der Waals surface area contributed by atoms with Gasteiger partial charge in [-0.15, -0.1) is 11.3 Å². The first-order valence-electron chi connectivity index (χ1n) is 7.73. The van der Waals surface area contributed by atoms with Crippen LogP contribution in [0.2, 0.25) is 0 Å². The second kappa shape index (κ2) is 6.36. The van der Waals surface area contributed by atoms with E-state index in [1.807, 2.05) is 11.0 Å². The van der Waals surface area contributed by atoms with Crippen molar-refractivity contribution in [1.82, 2.24) is 9.80 Å². The van der Waals surface area contributed by atoms with Crippen molar-refractivity contribution in [1.29, 1.82) is 0 Å². The molecule has 1 aliphatic heterocycles. The molecule has 1 N–H and O–H groups in total. The van der Waals surface area contributed by atoms with Crippen LogP contribution in [-0.4, -0.2) is 59.6 Å². The maximum Gasteiger partial charge on any atom is 0.264 e. The van der Waals surface area contributed by atoms with Gasteiger partial charge < -0.3 is 10.0 Å². The van der Waals surface area contributed by atoms with Crippen molar-refractivity contribution < 1.29 is 9.90 Å². The van der Waals surface area contributed by atoms with E-state index in [0.717, 1.165) is 29.9 Å². The number of hydrogen-bond acceptors (Lipinski definition) is 4. The molecule has 1 saturated heterocycles. The van der Waals surface area contributed by atoms with Gasteiger partial charge in [0, 0.05) is 36.9 Å². The number of β-amino-alcohol motifs (C(OH)–C–C–N with tert-alkyl or cyclic N) is 1. The van der Waals surface area contributed by atoms with E-state index in [-0.39, 0.29) is 12.5 Å². The average molecular weight is 318 g/mol. The second-order valence-corrected chi connectivity index (χ2v) is 7.10. The van der Waals surface area contributed by atoms with E-state index in [4.69, 9.17) is 5.11 Å². The number of amides is 1. The number of nitrogens with zero attached hydrogens (tertiary/aromatic N) is 2. The average Bonchev–Trinajstić information content (AvgIpc) is 2.91. The van der Waals surface area contributed by atoms with E-state index in [1.54, 1.807) is 11.3 Å². The van der Waals surface area contributed by atoms with Crippen molar-refractivity contribution in [3.05, 3.63) is 34.7 Å². The lowest BCUT2D eigenvalue weighted by Crippen LogP contribution is -2.54. The number of piperazine rings is 1. The van der Waals surface area contributed by atoms with Crippen LogP contribution in [0.3, 0.4) is 0 Å². The number of benzene rings is 1. The third kappa shape index (κ3) is 3.02. The summed E-state index contributed by atoms with van der Waals surface area (Å²) in [5.41, 5.74) is 1.22. The number of aliphatic hydroxyl groups excluding tert-OH is 1. The number of carbonyl (C=O) groups is 1. The predicted octanol–water partition coefficient (Wildman–Crippen LogP) is 2.35. The molecule has 5 heteroatoms. The Morgan fingerprint density at radius 2 is 2.18 bits per heavy atom. The summed E-state index contributed by atoms with van der Waals surface area (Å²) in [7, 11) is 0. The minimum atomic E-state index is 0.134. The number of rotatable bonds is 3. The molecule has 0 aliphatic carbocycles. The summed E-state index contributed by atoms with van der Waals surface area (Å²) in [4.78, 5) is 17.7. The fourth-order valence-corrected chi connectivity index (χ4v) is 4.08. The zero-order valence-electron chi connectivity index (χ0n) is 13.1. The van der Waals surface area contributed by atoms with Crippen LogP contribution in [0.15, 0.2) is 24.3 Å². The largest absolute Gasteiger partial charge is 0.395 e. The van der Waals surface area contributed by atoms with Crippen molar-refractivity contribution in [2.45, 2.75) is 19.9 Å². The standard InChI is InChI=1S/C17H22N2O2S/c1-12-3-4-15-14(9-12)10-16(22-15)17(21)19-6-5-18(7-8-20)13(2)11-19/h3-4,9-10,13,20H,5-8,11H2,1-2H3. The van der Waals surface area contributed by atoms with Gasteiger partial charge in [0.15, 0.2) is 0 Å². The quantitative estimate of drug-likeness (QED) is 0.945. The van der Waals surface area contributed by atoms with Gasteiger partial charge in [0.1, 0.15) is 0 Å². The molecule has 1 aromatic heterocycles. The molecule has 0 bridgehead atoms. The van der Waals surface area contributed by atoms with E-state index in [0.29, 0.717) is 12.6 Å². The predicted molar refractivity (Wildman–Crippen MR) is 90.6 cm³/mol. The molecular formula is C17H22N2O2S. The Morgan fingerprint density at radius 3 is 2.91 bits per heavy atom. The third-order valence-corrected chi connectivity index (χ3v) is 5.43. The highest BCUT2D eigenvalue weighted by atomic mass is 32.1. The minimum Gasteiger partial charge on any atom is -0.395 e. The van der Waals surface area contributed by atoms with E-state index in [1.165, 1.54) is 10.3 Å². The van der Waals surface area contributed by atoms with Crippen LogP contribution in [0.25, 0.3) is 10.1 Å². The maximum atomic E-state index is 12.7. The van der Waals surface area contributed by atoms with Crippen LogP contribution in [0, 0.1) is 6.92 Å². The Balaban J connectivity index is 1.75. The smallest absolute Gasteiger partial charge is 0.264 e. The van der Waals surface area contributed by atoms with Gasteiger partial charge in [-0.05, 0) is 31.4 Å². The topological polar surface area (TPSA) is 43.8 Å². The van der Waals surface area contributed by atoms with Crippen molar-refractivity contribution in [2.24, 2.45) is 0 Å². The fourth-order valence-electron chi connectivity index (χ4n) is 3.06. The number of hydrogen-bond donors (Lipinski definition) is 1. The zero-order valence-corrected chi connectivity index (χ0v) is 13.9. The van der Waals surface area contributed by atoms with Crippen LogP contribution >= 0.6 is 11.3 Å². The number of fused-ring (bicyclic) bond motifs is 1. The highest BCUT2D eigenvalue weighted by molar-refractivity contribution is 7.20. The number of aryl methyl sites for hydroxylation is 1. The first-order valence-corrected chi connectivity index (χ1v) is 8.54.